The molecule has 0 aromatic heterocycles. The molecular weight excluding hydrogens is 320 g/mol. The quantitative estimate of drug-likeness (QED) is 0.813. The minimum Gasteiger partial charge on any atom is -0.507 e. The summed E-state index contributed by atoms with van der Waals surface area (Å²) in [6.45, 7) is 0. The summed E-state index contributed by atoms with van der Waals surface area (Å²) in [5.41, 5.74) is 2.29. The van der Waals surface area contributed by atoms with Crippen molar-refractivity contribution in [3.05, 3.63) is 41.5 Å². The van der Waals surface area contributed by atoms with Crippen molar-refractivity contribution < 1.29 is 5.11 Å². The molecule has 0 saturated heterocycles. The van der Waals surface area contributed by atoms with Crippen molar-refractivity contribution in [2.45, 2.75) is 10.7 Å². The third-order valence-corrected chi connectivity index (χ3v) is 3.67. The van der Waals surface area contributed by atoms with E-state index in [1.54, 1.807) is 6.07 Å². The number of rotatable bonds is 2. The molecule has 0 aliphatic heterocycles. The fourth-order valence-corrected chi connectivity index (χ4v) is 2.49. The molecule has 0 heterocycles. The van der Waals surface area contributed by atoms with Gasteiger partial charge in [-0.3, -0.25) is 0 Å². The lowest BCUT2D eigenvalue weighted by Gasteiger charge is -2.07. The highest BCUT2D eigenvalue weighted by Crippen LogP contribution is 2.30. The molecule has 3 heteroatoms. The van der Waals surface area contributed by atoms with E-state index in [9.17, 15) is 5.11 Å². The molecule has 2 aromatic rings. The van der Waals surface area contributed by atoms with Gasteiger partial charge in [-0.25, -0.2) is 0 Å². The highest BCUT2D eigenvalue weighted by Gasteiger charge is 2.05. The Hall–Kier alpha value is -0.540. The van der Waals surface area contributed by atoms with Gasteiger partial charge in [0, 0.05) is 16.0 Å². The van der Waals surface area contributed by atoms with Crippen LogP contribution in [-0.2, 0) is 10.7 Å². The molecule has 0 spiro atoms. The van der Waals surface area contributed by atoms with Crippen molar-refractivity contribution in [3.63, 3.8) is 0 Å². The zero-order valence-corrected chi connectivity index (χ0v) is 11.2. The van der Waals surface area contributed by atoms with Crippen LogP contribution in [0.4, 0.5) is 0 Å². The SMILES string of the molecule is Oc1cc(CBr)cc2c(CBr)cccc12. The molecule has 0 atom stereocenters. The maximum Gasteiger partial charge on any atom is 0.123 e. The van der Waals surface area contributed by atoms with Crippen LogP contribution < -0.4 is 0 Å². The number of fused-ring (bicyclic) bond motifs is 1. The molecular formula is C12H10Br2O. The lowest BCUT2D eigenvalue weighted by molar-refractivity contribution is 0.481. The fraction of sp³-hybridized carbons (Fsp3) is 0.167. The van der Waals surface area contributed by atoms with Gasteiger partial charge in [0.05, 0.1) is 0 Å². The molecule has 0 aliphatic rings. The van der Waals surface area contributed by atoms with E-state index in [1.165, 1.54) is 5.56 Å². The number of phenols is 1. The number of benzene rings is 2. The Balaban J connectivity index is 2.79. The summed E-state index contributed by atoms with van der Waals surface area (Å²) in [6.07, 6.45) is 0. The Bertz CT molecular complexity index is 494. The summed E-state index contributed by atoms with van der Waals surface area (Å²) in [5, 5.41) is 13.5. The highest BCUT2D eigenvalue weighted by molar-refractivity contribution is 9.08. The molecule has 15 heavy (non-hydrogen) atoms. The van der Waals surface area contributed by atoms with Crippen molar-refractivity contribution in [2.75, 3.05) is 0 Å². The highest BCUT2D eigenvalue weighted by atomic mass is 79.9. The van der Waals surface area contributed by atoms with E-state index in [0.717, 1.165) is 27.0 Å². The Morgan fingerprint density at radius 3 is 2.47 bits per heavy atom. The van der Waals surface area contributed by atoms with Gasteiger partial charge in [-0.1, -0.05) is 50.1 Å². The van der Waals surface area contributed by atoms with Crippen molar-refractivity contribution in [3.8, 4) is 5.75 Å². The first kappa shape index (κ1) is 11.0. The number of halogens is 2. The maximum absolute atomic E-state index is 9.87. The third kappa shape index (κ3) is 2.04. The molecule has 0 unspecified atom stereocenters. The smallest absolute Gasteiger partial charge is 0.123 e. The maximum atomic E-state index is 9.87. The number of alkyl halides is 2. The van der Waals surface area contributed by atoms with Crippen LogP contribution in [0.1, 0.15) is 11.1 Å². The largest absolute Gasteiger partial charge is 0.507 e. The van der Waals surface area contributed by atoms with Crippen LogP contribution in [0.3, 0.4) is 0 Å². The number of phenolic OH excluding ortho intramolecular Hbond substituents is 1. The van der Waals surface area contributed by atoms with Crippen LogP contribution in [0.2, 0.25) is 0 Å². The second kappa shape index (κ2) is 4.54. The molecule has 0 aliphatic carbocycles. The van der Waals surface area contributed by atoms with Gasteiger partial charge in [-0.05, 0) is 28.6 Å². The number of aromatic hydroxyl groups is 1. The third-order valence-electron chi connectivity index (χ3n) is 2.42. The second-order valence-electron chi connectivity index (χ2n) is 3.39. The molecule has 0 radical (unpaired) electrons. The second-order valence-corrected chi connectivity index (χ2v) is 4.52. The van der Waals surface area contributed by atoms with Crippen LogP contribution in [-0.4, -0.2) is 5.11 Å². The van der Waals surface area contributed by atoms with Gasteiger partial charge in [-0.2, -0.15) is 0 Å². The lowest BCUT2D eigenvalue weighted by Crippen LogP contribution is -1.85. The summed E-state index contributed by atoms with van der Waals surface area (Å²) >= 11 is 6.86. The van der Waals surface area contributed by atoms with E-state index >= 15 is 0 Å². The van der Waals surface area contributed by atoms with Crippen molar-refractivity contribution in [1.82, 2.24) is 0 Å². The molecule has 1 N–H and O–H groups in total. The first-order chi connectivity index (χ1) is 7.26. The van der Waals surface area contributed by atoms with E-state index in [0.29, 0.717) is 5.75 Å². The molecule has 78 valence electrons. The van der Waals surface area contributed by atoms with Crippen LogP contribution >= 0.6 is 31.9 Å². The minimum atomic E-state index is 0.352. The van der Waals surface area contributed by atoms with E-state index in [2.05, 4.69) is 44.0 Å². The predicted molar refractivity (Wildman–Crippen MR) is 70.9 cm³/mol. The summed E-state index contributed by atoms with van der Waals surface area (Å²) in [4.78, 5) is 0. The van der Waals surface area contributed by atoms with Gasteiger partial charge in [0.15, 0.2) is 0 Å². The molecule has 2 rings (SSSR count). The van der Waals surface area contributed by atoms with E-state index in [4.69, 9.17) is 0 Å². The zero-order valence-electron chi connectivity index (χ0n) is 8.00. The molecule has 0 bridgehead atoms. The van der Waals surface area contributed by atoms with Gasteiger partial charge in [0.1, 0.15) is 5.75 Å². The van der Waals surface area contributed by atoms with Crippen LogP contribution in [0.5, 0.6) is 5.75 Å². The molecule has 0 amide bonds. The van der Waals surface area contributed by atoms with E-state index < -0.39 is 0 Å². The summed E-state index contributed by atoms with van der Waals surface area (Å²) in [5.74, 6) is 0.352. The molecule has 1 nitrogen and oxygen atoms in total. The van der Waals surface area contributed by atoms with Crippen molar-refractivity contribution in [2.24, 2.45) is 0 Å². The van der Waals surface area contributed by atoms with Gasteiger partial charge in [-0.15, -0.1) is 0 Å². The minimum absolute atomic E-state index is 0.352. The average Bonchev–Trinajstić information content (AvgIpc) is 2.28. The lowest BCUT2D eigenvalue weighted by atomic mass is 10.0. The first-order valence-electron chi connectivity index (χ1n) is 4.61. The van der Waals surface area contributed by atoms with Crippen molar-refractivity contribution in [1.29, 1.82) is 0 Å². The molecule has 0 fully saturated rings. The van der Waals surface area contributed by atoms with Gasteiger partial charge in [0.2, 0.25) is 0 Å². The van der Waals surface area contributed by atoms with E-state index in [1.807, 2.05) is 12.1 Å². The van der Waals surface area contributed by atoms with Gasteiger partial charge < -0.3 is 5.11 Å². The first-order valence-corrected chi connectivity index (χ1v) is 6.86. The van der Waals surface area contributed by atoms with E-state index in [-0.39, 0.29) is 0 Å². The van der Waals surface area contributed by atoms with Gasteiger partial charge in [0.25, 0.3) is 0 Å². The Morgan fingerprint density at radius 1 is 1.00 bits per heavy atom. The standard InChI is InChI=1S/C12H10Br2O/c13-6-8-4-11-9(7-14)2-1-3-10(11)12(15)5-8/h1-5,15H,6-7H2. The van der Waals surface area contributed by atoms with Gasteiger partial charge >= 0.3 is 0 Å². The van der Waals surface area contributed by atoms with Crippen LogP contribution in [0.25, 0.3) is 10.8 Å². The van der Waals surface area contributed by atoms with Crippen LogP contribution in [0.15, 0.2) is 30.3 Å². The average molecular weight is 330 g/mol. The fourth-order valence-electron chi connectivity index (χ4n) is 1.68. The molecule has 0 saturated carbocycles. The Morgan fingerprint density at radius 2 is 1.80 bits per heavy atom. The number of hydrogen-bond acceptors (Lipinski definition) is 1. The zero-order chi connectivity index (χ0) is 10.8. The van der Waals surface area contributed by atoms with Crippen molar-refractivity contribution >= 4 is 42.6 Å². The Kier molecular flexibility index (Phi) is 3.32. The number of hydrogen-bond donors (Lipinski definition) is 1. The normalized spacial score (nSPS) is 10.8. The molecule has 2 aromatic carbocycles. The summed E-state index contributed by atoms with van der Waals surface area (Å²) < 4.78 is 0. The topological polar surface area (TPSA) is 20.2 Å². The predicted octanol–water partition coefficient (Wildman–Crippen LogP) is 4.34. The monoisotopic (exact) mass is 328 g/mol. The van der Waals surface area contributed by atoms with Crippen LogP contribution in [0, 0.1) is 0 Å². The summed E-state index contributed by atoms with van der Waals surface area (Å²) in [7, 11) is 0. The summed E-state index contributed by atoms with van der Waals surface area (Å²) in [6, 6.07) is 9.88. The Labute approximate surface area is 105 Å².